The highest BCUT2D eigenvalue weighted by molar-refractivity contribution is 7.92. The van der Waals surface area contributed by atoms with E-state index in [9.17, 15) is 13.2 Å². The molecule has 1 fully saturated rings. The Labute approximate surface area is 207 Å². The van der Waals surface area contributed by atoms with Gasteiger partial charge in [0.1, 0.15) is 0 Å². The van der Waals surface area contributed by atoms with E-state index in [0.717, 1.165) is 25.2 Å². The Bertz CT molecular complexity index is 1320. The molecule has 2 aliphatic rings. The third-order valence-electron chi connectivity index (χ3n) is 6.64. The van der Waals surface area contributed by atoms with E-state index in [2.05, 4.69) is 29.2 Å². The number of piperazine rings is 1. The standard InChI is InChI=1S/C28H29N3O3S/c32-28(30-20-18-29(19-21-30)16-7-10-23-8-3-1-4-9-23)25-13-14-27-24(22-25)15-17-31(27)35(33,34)26-11-5-2-6-12-26/h1-14,22H,15-21H2/b10-7+. The number of rotatable bonds is 6. The predicted octanol–water partition coefficient (Wildman–Crippen LogP) is 3.91. The molecule has 0 bridgehead atoms. The van der Waals surface area contributed by atoms with Crippen molar-refractivity contribution in [1.82, 2.24) is 9.80 Å². The molecule has 2 aliphatic heterocycles. The Hall–Kier alpha value is -3.42. The third-order valence-corrected chi connectivity index (χ3v) is 8.47. The van der Waals surface area contributed by atoms with Gasteiger partial charge in [-0.05, 0) is 47.9 Å². The first-order valence-corrected chi connectivity index (χ1v) is 13.4. The highest BCUT2D eigenvalue weighted by atomic mass is 32.2. The summed E-state index contributed by atoms with van der Waals surface area (Å²) in [4.78, 5) is 17.7. The molecular weight excluding hydrogens is 458 g/mol. The van der Waals surface area contributed by atoms with E-state index in [1.807, 2.05) is 29.2 Å². The Kier molecular flexibility index (Phi) is 6.70. The van der Waals surface area contributed by atoms with Crippen molar-refractivity contribution in [3.63, 3.8) is 0 Å². The first-order chi connectivity index (χ1) is 17.0. The maximum absolute atomic E-state index is 13.2. The van der Waals surface area contributed by atoms with E-state index in [1.54, 1.807) is 42.5 Å². The van der Waals surface area contributed by atoms with Crippen molar-refractivity contribution < 1.29 is 13.2 Å². The summed E-state index contributed by atoms with van der Waals surface area (Å²) in [5, 5.41) is 0. The molecule has 180 valence electrons. The predicted molar refractivity (Wildman–Crippen MR) is 139 cm³/mol. The fourth-order valence-electron chi connectivity index (χ4n) is 4.69. The molecule has 0 aliphatic carbocycles. The molecule has 35 heavy (non-hydrogen) atoms. The molecule has 3 aromatic rings. The fourth-order valence-corrected chi connectivity index (χ4v) is 6.22. The van der Waals surface area contributed by atoms with Gasteiger partial charge in [-0.1, -0.05) is 60.7 Å². The van der Waals surface area contributed by atoms with Crippen LogP contribution in [0.4, 0.5) is 5.69 Å². The van der Waals surface area contributed by atoms with E-state index in [4.69, 9.17) is 0 Å². The van der Waals surface area contributed by atoms with Crippen molar-refractivity contribution in [3.8, 4) is 0 Å². The van der Waals surface area contributed by atoms with Crippen LogP contribution in [0.5, 0.6) is 0 Å². The van der Waals surface area contributed by atoms with E-state index in [0.29, 0.717) is 37.3 Å². The van der Waals surface area contributed by atoms with Crippen LogP contribution in [-0.2, 0) is 16.4 Å². The van der Waals surface area contributed by atoms with Crippen molar-refractivity contribution in [3.05, 3.63) is 102 Å². The molecule has 0 saturated carbocycles. The first-order valence-electron chi connectivity index (χ1n) is 12.0. The maximum Gasteiger partial charge on any atom is 0.264 e. The summed E-state index contributed by atoms with van der Waals surface area (Å²) in [5.41, 5.74) is 3.38. The van der Waals surface area contributed by atoms with Crippen molar-refractivity contribution in [2.75, 3.05) is 43.6 Å². The Morgan fingerprint density at radius 3 is 2.23 bits per heavy atom. The SMILES string of the molecule is O=C(c1ccc2c(c1)CCN2S(=O)(=O)c1ccccc1)N1CCN(C/C=C/c2ccccc2)CC1. The lowest BCUT2D eigenvalue weighted by molar-refractivity contribution is 0.0650. The van der Waals surface area contributed by atoms with Crippen LogP contribution in [0.25, 0.3) is 6.08 Å². The largest absolute Gasteiger partial charge is 0.336 e. The van der Waals surface area contributed by atoms with Gasteiger partial charge in [0.15, 0.2) is 0 Å². The van der Waals surface area contributed by atoms with Crippen LogP contribution < -0.4 is 4.31 Å². The maximum atomic E-state index is 13.2. The highest BCUT2D eigenvalue weighted by Gasteiger charge is 2.31. The minimum absolute atomic E-state index is 0.0108. The average Bonchev–Trinajstić information content (AvgIpc) is 3.34. The molecule has 0 spiro atoms. The Morgan fingerprint density at radius 2 is 1.51 bits per heavy atom. The van der Waals surface area contributed by atoms with Gasteiger partial charge in [0.2, 0.25) is 0 Å². The van der Waals surface area contributed by atoms with Gasteiger partial charge in [-0.15, -0.1) is 0 Å². The highest BCUT2D eigenvalue weighted by Crippen LogP contribution is 2.33. The number of benzene rings is 3. The number of carbonyl (C=O) groups excluding carboxylic acids is 1. The van der Waals surface area contributed by atoms with Crippen molar-refractivity contribution in [2.24, 2.45) is 0 Å². The number of amides is 1. The van der Waals surface area contributed by atoms with Crippen LogP contribution in [-0.4, -0.2) is 63.4 Å². The fraction of sp³-hybridized carbons (Fsp3) is 0.250. The van der Waals surface area contributed by atoms with Crippen LogP contribution in [0.3, 0.4) is 0 Å². The minimum atomic E-state index is -3.61. The number of carbonyl (C=O) groups is 1. The molecule has 0 aromatic heterocycles. The molecule has 5 rings (SSSR count). The Morgan fingerprint density at radius 1 is 0.829 bits per heavy atom. The first kappa shape index (κ1) is 23.3. The van der Waals surface area contributed by atoms with E-state index in [1.165, 1.54) is 9.87 Å². The normalized spacial score (nSPS) is 16.6. The zero-order valence-electron chi connectivity index (χ0n) is 19.6. The molecule has 0 unspecified atom stereocenters. The van der Waals surface area contributed by atoms with E-state index >= 15 is 0 Å². The molecule has 0 N–H and O–H groups in total. The lowest BCUT2D eigenvalue weighted by Crippen LogP contribution is -2.48. The van der Waals surface area contributed by atoms with Gasteiger partial charge in [-0.2, -0.15) is 0 Å². The summed E-state index contributed by atoms with van der Waals surface area (Å²) in [7, 11) is -3.61. The summed E-state index contributed by atoms with van der Waals surface area (Å²) < 4.78 is 27.6. The smallest absolute Gasteiger partial charge is 0.264 e. The molecule has 0 atom stereocenters. The molecule has 3 aromatic carbocycles. The van der Waals surface area contributed by atoms with E-state index < -0.39 is 10.0 Å². The second-order valence-corrected chi connectivity index (χ2v) is 10.8. The average molecular weight is 488 g/mol. The van der Waals surface area contributed by atoms with Crippen molar-refractivity contribution >= 4 is 27.7 Å². The van der Waals surface area contributed by atoms with E-state index in [-0.39, 0.29) is 10.8 Å². The van der Waals surface area contributed by atoms with Crippen LogP contribution in [0, 0.1) is 0 Å². The number of hydrogen-bond donors (Lipinski definition) is 0. The van der Waals surface area contributed by atoms with Crippen LogP contribution in [0.15, 0.2) is 89.8 Å². The summed E-state index contributed by atoms with van der Waals surface area (Å²) in [6, 6.07) is 24.1. The number of nitrogens with zero attached hydrogens (tertiary/aromatic N) is 3. The van der Waals surface area contributed by atoms with Gasteiger partial charge in [-0.25, -0.2) is 8.42 Å². The third kappa shape index (κ3) is 5.01. The second kappa shape index (κ2) is 10.1. The van der Waals surface area contributed by atoms with Crippen molar-refractivity contribution in [1.29, 1.82) is 0 Å². The summed E-state index contributed by atoms with van der Waals surface area (Å²) in [5.74, 6) is 0.0108. The minimum Gasteiger partial charge on any atom is -0.336 e. The Balaban J connectivity index is 1.20. The van der Waals surface area contributed by atoms with Crippen LogP contribution in [0.2, 0.25) is 0 Å². The molecular formula is C28H29N3O3S. The number of anilines is 1. The van der Waals surface area contributed by atoms with Crippen LogP contribution >= 0.6 is 0 Å². The molecule has 1 saturated heterocycles. The van der Waals surface area contributed by atoms with Gasteiger partial charge >= 0.3 is 0 Å². The van der Waals surface area contributed by atoms with Gasteiger partial charge in [0, 0.05) is 44.8 Å². The summed E-state index contributed by atoms with van der Waals surface area (Å²) in [6.07, 6.45) is 4.90. The molecule has 0 radical (unpaired) electrons. The van der Waals surface area contributed by atoms with Gasteiger partial charge < -0.3 is 4.90 Å². The number of hydrogen-bond acceptors (Lipinski definition) is 4. The zero-order valence-corrected chi connectivity index (χ0v) is 20.4. The zero-order chi connectivity index (χ0) is 24.3. The van der Waals surface area contributed by atoms with Crippen molar-refractivity contribution in [2.45, 2.75) is 11.3 Å². The molecule has 1 amide bonds. The van der Waals surface area contributed by atoms with Gasteiger partial charge in [-0.3, -0.25) is 14.0 Å². The van der Waals surface area contributed by atoms with Gasteiger partial charge in [0.25, 0.3) is 15.9 Å². The summed E-state index contributed by atoms with van der Waals surface area (Å²) in [6.45, 7) is 4.28. The molecule has 2 heterocycles. The monoisotopic (exact) mass is 487 g/mol. The number of sulfonamides is 1. The lowest BCUT2D eigenvalue weighted by Gasteiger charge is -2.34. The number of fused-ring (bicyclic) bond motifs is 1. The quantitative estimate of drug-likeness (QED) is 0.529. The summed E-state index contributed by atoms with van der Waals surface area (Å²) >= 11 is 0. The lowest BCUT2D eigenvalue weighted by atomic mass is 10.1. The topological polar surface area (TPSA) is 60.9 Å². The molecule has 6 nitrogen and oxygen atoms in total. The molecule has 7 heteroatoms. The second-order valence-electron chi connectivity index (χ2n) is 8.89. The van der Waals surface area contributed by atoms with Crippen LogP contribution in [0.1, 0.15) is 21.5 Å². The van der Waals surface area contributed by atoms with Gasteiger partial charge in [0.05, 0.1) is 10.6 Å².